The molecule has 1 aliphatic rings. The van der Waals surface area contributed by atoms with Crippen molar-refractivity contribution in [1.29, 1.82) is 0 Å². The second-order valence-electron chi connectivity index (χ2n) is 6.56. The van der Waals surface area contributed by atoms with E-state index in [0.29, 0.717) is 27.6 Å². The summed E-state index contributed by atoms with van der Waals surface area (Å²) >= 11 is 5.93. The van der Waals surface area contributed by atoms with Crippen LogP contribution in [0.4, 0.5) is 5.82 Å². The van der Waals surface area contributed by atoms with Crippen LogP contribution in [-0.2, 0) is 0 Å². The zero-order valence-corrected chi connectivity index (χ0v) is 14.8. The van der Waals surface area contributed by atoms with Crippen LogP contribution in [-0.4, -0.2) is 37.5 Å². The number of rotatable bonds is 3. The van der Waals surface area contributed by atoms with Crippen LogP contribution in [0.5, 0.6) is 5.75 Å². The minimum absolute atomic E-state index is 0.0420. The Hall–Kier alpha value is -2.44. The topological polar surface area (TPSA) is 91.2 Å². The number of pyridine rings is 1. The van der Waals surface area contributed by atoms with Crippen LogP contribution in [0, 0.1) is 0 Å². The van der Waals surface area contributed by atoms with Crippen LogP contribution in [0.3, 0.4) is 0 Å². The van der Waals surface area contributed by atoms with Gasteiger partial charge in [-0.3, -0.25) is 4.98 Å². The number of anilines is 1. The van der Waals surface area contributed by atoms with Crippen molar-refractivity contribution in [2.24, 2.45) is 0 Å². The Morgan fingerprint density at radius 3 is 2.77 bits per heavy atom. The van der Waals surface area contributed by atoms with Gasteiger partial charge in [0, 0.05) is 22.2 Å². The molecular weight excluding hydrogens is 352 g/mol. The van der Waals surface area contributed by atoms with E-state index in [1.54, 1.807) is 18.3 Å². The van der Waals surface area contributed by atoms with E-state index < -0.39 is 6.10 Å². The van der Waals surface area contributed by atoms with Crippen molar-refractivity contribution in [3.63, 3.8) is 0 Å². The second kappa shape index (κ2) is 7.05. The third kappa shape index (κ3) is 3.18. The van der Waals surface area contributed by atoms with E-state index in [0.717, 1.165) is 31.1 Å². The molecule has 2 heterocycles. The summed E-state index contributed by atoms with van der Waals surface area (Å²) in [5.74, 6) is 0.587. The molecule has 0 unspecified atom stereocenters. The highest BCUT2D eigenvalue weighted by Gasteiger charge is 2.24. The Balaban J connectivity index is 1.78. The molecule has 0 saturated heterocycles. The third-order valence-corrected chi connectivity index (χ3v) is 5.04. The lowest BCUT2D eigenvalue weighted by Gasteiger charge is -2.28. The Morgan fingerprint density at radius 1 is 1.12 bits per heavy atom. The second-order valence-corrected chi connectivity index (χ2v) is 7.00. The number of hydrogen-bond acceptors (Lipinski definition) is 6. The van der Waals surface area contributed by atoms with Crippen molar-refractivity contribution in [2.75, 3.05) is 5.32 Å². The standard InChI is InChI=1S/C19H19ClN4O2/c20-11-7-8-12(16(26)10-11)17-13-4-3-9-21-18(13)19(24-23-17)22-14-5-1-2-6-15(14)25/h3-4,7-10,14-15,25-26H,1-2,5-6H2,(H,22,24)/t14-,15-/m1/s1. The molecule has 2 aromatic heterocycles. The van der Waals surface area contributed by atoms with Gasteiger partial charge < -0.3 is 15.5 Å². The largest absolute Gasteiger partial charge is 0.507 e. The lowest BCUT2D eigenvalue weighted by Crippen LogP contribution is -2.36. The first-order valence-corrected chi connectivity index (χ1v) is 9.06. The van der Waals surface area contributed by atoms with Crippen molar-refractivity contribution < 1.29 is 10.2 Å². The van der Waals surface area contributed by atoms with Gasteiger partial charge in [0.05, 0.1) is 12.1 Å². The van der Waals surface area contributed by atoms with Gasteiger partial charge >= 0.3 is 0 Å². The van der Waals surface area contributed by atoms with Crippen LogP contribution in [0.2, 0.25) is 5.02 Å². The van der Waals surface area contributed by atoms with Crippen molar-refractivity contribution >= 4 is 28.3 Å². The van der Waals surface area contributed by atoms with Gasteiger partial charge in [0.2, 0.25) is 0 Å². The molecular formula is C19H19ClN4O2. The number of fused-ring (bicyclic) bond motifs is 1. The number of hydrogen-bond donors (Lipinski definition) is 3. The quantitative estimate of drug-likeness (QED) is 0.650. The number of nitrogens with one attached hydrogen (secondary N) is 1. The molecule has 1 saturated carbocycles. The highest BCUT2D eigenvalue weighted by Crippen LogP contribution is 2.35. The van der Waals surface area contributed by atoms with Gasteiger partial charge in [0.25, 0.3) is 0 Å². The summed E-state index contributed by atoms with van der Waals surface area (Å²) in [6.07, 6.45) is 5.08. The predicted octanol–water partition coefficient (Wildman–Crippen LogP) is 3.77. The summed E-state index contributed by atoms with van der Waals surface area (Å²) in [6.45, 7) is 0. The molecule has 0 spiro atoms. The van der Waals surface area contributed by atoms with Crippen LogP contribution in [0.25, 0.3) is 22.2 Å². The van der Waals surface area contributed by atoms with E-state index in [2.05, 4.69) is 20.5 Å². The smallest absolute Gasteiger partial charge is 0.175 e. The predicted molar refractivity (Wildman–Crippen MR) is 101 cm³/mol. The van der Waals surface area contributed by atoms with E-state index in [1.165, 1.54) is 6.07 Å². The molecule has 1 aromatic carbocycles. The molecule has 4 rings (SSSR count). The van der Waals surface area contributed by atoms with Gasteiger partial charge in [0.15, 0.2) is 5.82 Å². The van der Waals surface area contributed by atoms with E-state index >= 15 is 0 Å². The highest BCUT2D eigenvalue weighted by atomic mass is 35.5. The van der Waals surface area contributed by atoms with Gasteiger partial charge in [-0.2, -0.15) is 0 Å². The molecule has 7 heteroatoms. The first kappa shape index (κ1) is 17.0. The molecule has 0 bridgehead atoms. The van der Waals surface area contributed by atoms with E-state index in [1.807, 2.05) is 12.1 Å². The fourth-order valence-electron chi connectivity index (χ4n) is 3.44. The molecule has 6 nitrogen and oxygen atoms in total. The molecule has 1 fully saturated rings. The SMILES string of the molecule is Oc1cc(Cl)ccc1-c1nnc(N[C@@H]2CCCC[C@H]2O)c2ncccc12. The number of aliphatic hydroxyl groups excluding tert-OH is 1. The number of aliphatic hydroxyl groups is 1. The minimum Gasteiger partial charge on any atom is -0.507 e. The molecule has 134 valence electrons. The molecule has 1 aliphatic carbocycles. The summed E-state index contributed by atoms with van der Waals surface area (Å²) in [6, 6.07) is 8.54. The van der Waals surface area contributed by atoms with E-state index in [-0.39, 0.29) is 11.8 Å². The summed E-state index contributed by atoms with van der Waals surface area (Å²) in [7, 11) is 0. The molecule has 0 aliphatic heterocycles. The number of benzene rings is 1. The number of aromatic nitrogens is 3. The Bertz CT molecular complexity index is 950. The van der Waals surface area contributed by atoms with Crippen molar-refractivity contribution in [3.05, 3.63) is 41.6 Å². The molecule has 3 aromatic rings. The van der Waals surface area contributed by atoms with Gasteiger partial charge in [0.1, 0.15) is 17.0 Å². The zero-order chi connectivity index (χ0) is 18.1. The molecule has 26 heavy (non-hydrogen) atoms. The molecule has 2 atom stereocenters. The molecule has 0 amide bonds. The average Bonchev–Trinajstić information content (AvgIpc) is 2.64. The minimum atomic E-state index is -0.399. The van der Waals surface area contributed by atoms with E-state index in [9.17, 15) is 10.2 Å². The van der Waals surface area contributed by atoms with Gasteiger partial charge in [-0.25, -0.2) is 0 Å². The number of halogens is 1. The maximum absolute atomic E-state index is 10.2. The Labute approximate surface area is 155 Å². The van der Waals surface area contributed by atoms with Gasteiger partial charge in [-0.05, 0) is 43.2 Å². The fraction of sp³-hybridized carbons (Fsp3) is 0.316. The number of aromatic hydroxyl groups is 1. The van der Waals surface area contributed by atoms with Crippen LogP contribution < -0.4 is 5.32 Å². The fourth-order valence-corrected chi connectivity index (χ4v) is 3.61. The third-order valence-electron chi connectivity index (χ3n) is 4.80. The number of nitrogens with zero attached hydrogens (tertiary/aromatic N) is 3. The van der Waals surface area contributed by atoms with Crippen LogP contribution >= 0.6 is 11.6 Å². The number of phenolic OH excluding ortho intramolecular Hbond substituents is 1. The monoisotopic (exact) mass is 370 g/mol. The normalized spacial score (nSPS) is 20.2. The van der Waals surface area contributed by atoms with Crippen molar-refractivity contribution in [2.45, 2.75) is 37.8 Å². The van der Waals surface area contributed by atoms with Gasteiger partial charge in [-0.1, -0.05) is 24.4 Å². The molecule has 3 N–H and O–H groups in total. The summed E-state index contributed by atoms with van der Waals surface area (Å²) in [5.41, 5.74) is 1.74. The highest BCUT2D eigenvalue weighted by molar-refractivity contribution is 6.30. The van der Waals surface area contributed by atoms with Crippen LogP contribution in [0.15, 0.2) is 36.5 Å². The van der Waals surface area contributed by atoms with Crippen LogP contribution in [0.1, 0.15) is 25.7 Å². The summed E-state index contributed by atoms with van der Waals surface area (Å²) < 4.78 is 0. The average molecular weight is 371 g/mol. The Morgan fingerprint density at radius 2 is 1.96 bits per heavy atom. The van der Waals surface area contributed by atoms with Crippen molar-refractivity contribution in [1.82, 2.24) is 15.2 Å². The van der Waals surface area contributed by atoms with E-state index in [4.69, 9.17) is 11.6 Å². The number of phenols is 1. The lowest BCUT2D eigenvalue weighted by molar-refractivity contribution is 0.116. The van der Waals surface area contributed by atoms with Gasteiger partial charge in [-0.15, -0.1) is 10.2 Å². The lowest BCUT2D eigenvalue weighted by atomic mass is 9.92. The van der Waals surface area contributed by atoms with Crippen molar-refractivity contribution in [3.8, 4) is 17.0 Å². The zero-order valence-electron chi connectivity index (χ0n) is 14.1. The summed E-state index contributed by atoms with van der Waals surface area (Å²) in [5, 5.41) is 33.6. The summed E-state index contributed by atoms with van der Waals surface area (Å²) in [4.78, 5) is 4.45. The first-order chi connectivity index (χ1) is 12.6. The maximum atomic E-state index is 10.2. The molecule has 0 radical (unpaired) electrons. The first-order valence-electron chi connectivity index (χ1n) is 8.68. The Kier molecular flexibility index (Phi) is 4.61. The maximum Gasteiger partial charge on any atom is 0.175 e.